The number of nitrogens with zero attached hydrogens (tertiary/aromatic N) is 2. The van der Waals surface area contributed by atoms with E-state index in [2.05, 4.69) is 5.32 Å². The minimum Gasteiger partial charge on any atom is -0.491 e. The number of nitriles is 1. The molecule has 0 unspecified atom stereocenters. The summed E-state index contributed by atoms with van der Waals surface area (Å²) < 4.78 is 5.68. The van der Waals surface area contributed by atoms with Crippen molar-refractivity contribution in [2.45, 2.75) is 26.9 Å². The fourth-order valence-electron chi connectivity index (χ4n) is 3.59. The highest BCUT2D eigenvalue weighted by atomic mass is 16.5. The zero-order valence-corrected chi connectivity index (χ0v) is 18.6. The van der Waals surface area contributed by atoms with Gasteiger partial charge in [-0.2, -0.15) is 5.26 Å². The van der Waals surface area contributed by atoms with Gasteiger partial charge in [-0.05, 0) is 74.9 Å². The summed E-state index contributed by atoms with van der Waals surface area (Å²) in [5.74, 6) is -0.157. The van der Waals surface area contributed by atoms with Crippen molar-refractivity contribution in [3.05, 3.63) is 95.2 Å². The third kappa shape index (κ3) is 4.48. The van der Waals surface area contributed by atoms with Crippen LogP contribution in [-0.2, 0) is 9.59 Å². The van der Waals surface area contributed by atoms with Crippen LogP contribution in [-0.4, -0.2) is 17.9 Å². The molecule has 33 heavy (non-hydrogen) atoms. The maximum Gasteiger partial charge on any atom is 0.282 e. The largest absolute Gasteiger partial charge is 0.491 e. The Morgan fingerprint density at radius 2 is 1.52 bits per heavy atom. The lowest BCUT2D eigenvalue weighted by Gasteiger charge is -2.15. The van der Waals surface area contributed by atoms with Gasteiger partial charge in [-0.25, -0.2) is 4.90 Å². The minimum absolute atomic E-state index is 0.0506. The molecule has 0 spiro atoms. The molecule has 2 amide bonds. The van der Waals surface area contributed by atoms with Crippen LogP contribution in [0.3, 0.4) is 0 Å². The Balaban J connectivity index is 1.73. The van der Waals surface area contributed by atoms with E-state index in [-0.39, 0.29) is 11.8 Å². The van der Waals surface area contributed by atoms with Gasteiger partial charge in [-0.15, -0.1) is 0 Å². The van der Waals surface area contributed by atoms with E-state index in [1.165, 1.54) is 0 Å². The van der Waals surface area contributed by atoms with Gasteiger partial charge in [0, 0.05) is 5.69 Å². The maximum absolute atomic E-state index is 13.5. The van der Waals surface area contributed by atoms with E-state index in [0.717, 1.165) is 16.2 Å². The summed E-state index contributed by atoms with van der Waals surface area (Å²) in [5.41, 5.74) is 3.72. The first-order valence-electron chi connectivity index (χ1n) is 10.6. The van der Waals surface area contributed by atoms with Gasteiger partial charge in [0.2, 0.25) is 0 Å². The average molecular weight is 437 g/mol. The summed E-state index contributed by atoms with van der Waals surface area (Å²) in [5, 5.41) is 12.2. The second-order valence-corrected chi connectivity index (χ2v) is 8.04. The van der Waals surface area contributed by atoms with Crippen molar-refractivity contribution in [3.8, 4) is 11.8 Å². The fourth-order valence-corrected chi connectivity index (χ4v) is 3.59. The lowest BCUT2D eigenvalue weighted by Crippen LogP contribution is -2.32. The van der Waals surface area contributed by atoms with Gasteiger partial charge < -0.3 is 10.1 Å². The standard InChI is InChI=1S/C27H23N3O3/c1-17(2)33-23-14-10-21(11-15-23)29-25-24(20-8-4-18(3)5-9-20)26(31)30(27(25)32)22-12-6-19(16-28)7-13-22/h4-15,17,29H,1-3H3. The Morgan fingerprint density at radius 1 is 0.879 bits per heavy atom. The third-order valence-corrected chi connectivity index (χ3v) is 5.17. The zero-order valence-electron chi connectivity index (χ0n) is 18.6. The highest BCUT2D eigenvalue weighted by Crippen LogP contribution is 2.34. The molecule has 0 aliphatic carbocycles. The first-order valence-corrected chi connectivity index (χ1v) is 10.6. The Labute approximate surface area is 192 Å². The average Bonchev–Trinajstić information content (AvgIpc) is 3.05. The molecule has 6 heteroatoms. The van der Waals surface area contributed by atoms with Crippen LogP contribution in [0.4, 0.5) is 11.4 Å². The summed E-state index contributed by atoms with van der Waals surface area (Å²) in [6, 6.07) is 23.1. The van der Waals surface area contributed by atoms with Crippen LogP contribution in [0.5, 0.6) is 5.75 Å². The smallest absolute Gasteiger partial charge is 0.282 e. The molecule has 0 fully saturated rings. The van der Waals surface area contributed by atoms with E-state index in [0.29, 0.717) is 28.1 Å². The predicted molar refractivity (Wildman–Crippen MR) is 128 cm³/mol. The Bertz CT molecular complexity index is 1270. The molecule has 1 heterocycles. The topological polar surface area (TPSA) is 82.4 Å². The molecule has 0 radical (unpaired) electrons. The number of amides is 2. The molecule has 1 aliphatic rings. The molecule has 4 rings (SSSR count). The van der Waals surface area contributed by atoms with Gasteiger partial charge in [-0.3, -0.25) is 9.59 Å². The fraction of sp³-hybridized carbons (Fsp3) is 0.148. The predicted octanol–water partition coefficient (Wildman–Crippen LogP) is 5.05. The van der Waals surface area contributed by atoms with Crippen LogP contribution in [0.1, 0.15) is 30.5 Å². The molecule has 3 aromatic carbocycles. The summed E-state index contributed by atoms with van der Waals surface area (Å²) in [7, 11) is 0. The number of carbonyl (C=O) groups is 2. The van der Waals surface area contributed by atoms with Crippen LogP contribution in [0.15, 0.2) is 78.5 Å². The Kier molecular flexibility index (Phi) is 5.97. The molecule has 164 valence electrons. The summed E-state index contributed by atoms with van der Waals surface area (Å²) in [6.07, 6.45) is 0.0506. The molecule has 6 nitrogen and oxygen atoms in total. The van der Waals surface area contributed by atoms with Crippen molar-refractivity contribution in [3.63, 3.8) is 0 Å². The van der Waals surface area contributed by atoms with Crippen molar-refractivity contribution in [1.29, 1.82) is 5.26 Å². The van der Waals surface area contributed by atoms with Crippen molar-refractivity contribution >= 4 is 28.8 Å². The van der Waals surface area contributed by atoms with E-state index < -0.39 is 11.8 Å². The molecular formula is C27H23N3O3. The van der Waals surface area contributed by atoms with Crippen molar-refractivity contribution in [1.82, 2.24) is 0 Å². The second kappa shape index (κ2) is 9.01. The number of ether oxygens (including phenoxy) is 1. The Morgan fingerprint density at radius 3 is 2.09 bits per heavy atom. The quantitative estimate of drug-likeness (QED) is 0.546. The normalized spacial score (nSPS) is 13.5. The zero-order chi connectivity index (χ0) is 23.5. The molecule has 1 aliphatic heterocycles. The lowest BCUT2D eigenvalue weighted by atomic mass is 10.0. The SMILES string of the molecule is Cc1ccc(C2=C(Nc3ccc(OC(C)C)cc3)C(=O)N(c3ccc(C#N)cc3)C2=O)cc1. The highest BCUT2D eigenvalue weighted by Gasteiger charge is 2.40. The lowest BCUT2D eigenvalue weighted by molar-refractivity contribution is -0.120. The van der Waals surface area contributed by atoms with Crippen LogP contribution in [0.2, 0.25) is 0 Å². The van der Waals surface area contributed by atoms with Gasteiger partial charge in [0.25, 0.3) is 11.8 Å². The Hall–Kier alpha value is -4.37. The summed E-state index contributed by atoms with van der Waals surface area (Å²) in [4.78, 5) is 28.0. The van der Waals surface area contributed by atoms with Crippen LogP contribution < -0.4 is 15.0 Å². The van der Waals surface area contributed by atoms with Crippen molar-refractivity contribution < 1.29 is 14.3 Å². The summed E-state index contributed by atoms with van der Waals surface area (Å²) >= 11 is 0. The number of aryl methyl sites for hydroxylation is 1. The number of benzene rings is 3. The van der Waals surface area contributed by atoms with Crippen molar-refractivity contribution in [2.24, 2.45) is 0 Å². The van der Waals surface area contributed by atoms with E-state index in [1.54, 1.807) is 36.4 Å². The van der Waals surface area contributed by atoms with Crippen LogP contribution in [0.25, 0.3) is 5.57 Å². The second-order valence-electron chi connectivity index (χ2n) is 8.04. The first kappa shape index (κ1) is 21.8. The first-order chi connectivity index (χ1) is 15.9. The van der Waals surface area contributed by atoms with Gasteiger partial charge in [0.05, 0.1) is 29.0 Å². The number of hydrogen-bond donors (Lipinski definition) is 1. The van der Waals surface area contributed by atoms with Crippen LogP contribution >= 0.6 is 0 Å². The van der Waals surface area contributed by atoms with Crippen LogP contribution in [0, 0.1) is 18.3 Å². The molecule has 3 aromatic rings. The monoisotopic (exact) mass is 437 g/mol. The van der Waals surface area contributed by atoms with Gasteiger partial charge in [-0.1, -0.05) is 29.8 Å². The number of imide groups is 1. The van der Waals surface area contributed by atoms with E-state index >= 15 is 0 Å². The summed E-state index contributed by atoms with van der Waals surface area (Å²) in [6.45, 7) is 5.86. The van der Waals surface area contributed by atoms with Crippen molar-refractivity contribution in [2.75, 3.05) is 10.2 Å². The van der Waals surface area contributed by atoms with Gasteiger partial charge in [0.1, 0.15) is 11.4 Å². The minimum atomic E-state index is -0.456. The molecule has 0 saturated heterocycles. The van der Waals surface area contributed by atoms with Gasteiger partial charge in [0.15, 0.2) is 0 Å². The van der Waals surface area contributed by atoms with Gasteiger partial charge >= 0.3 is 0 Å². The third-order valence-electron chi connectivity index (χ3n) is 5.17. The molecule has 0 saturated carbocycles. The number of nitrogens with one attached hydrogen (secondary N) is 1. The molecule has 0 bridgehead atoms. The maximum atomic E-state index is 13.5. The number of carbonyl (C=O) groups excluding carboxylic acids is 2. The molecule has 0 aromatic heterocycles. The number of rotatable bonds is 6. The molecule has 1 N–H and O–H groups in total. The highest BCUT2D eigenvalue weighted by molar-refractivity contribution is 6.46. The van der Waals surface area contributed by atoms with E-state index in [4.69, 9.17) is 10.00 Å². The molecule has 0 atom stereocenters. The van der Waals surface area contributed by atoms with E-state index in [9.17, 15) is 9.59 Å². The number of hydrogen-bond acceptors (Lipinski definition) is 5. The molecular weight excluding hydrogens is 414 g/mol. The number of anilines is 2. The van der Waals surface area contributed by atoms with E-state index in [1.807, 2.05) is 63.2 Å².